The summed E-state index contributed by atoms with van der Waals surface area (Å²) in [5.41, 5.74) is 0. The SMILES string of the molecule is O=C(CCl)NCCCN(CCN1CCOCC1)Cc1cccs1. The summed E-state index contributed by atoms with van der Waals surface area (Å²) >= 11 is 7.29. The Hall–Kier alpha value is -0.660. The zero-order valence-corrected chi connectivity index (χ0v) is 15.1. The number of ether oxygens (including phenoxy) is 1. The summed E-state index contributed by atoms with van der Waals surface area (Å²) < 4.78 is 5.40. The van der Waals surface area contributed by atoms with Crippen LogP contribution in [-0.2, 0) is 16.1 Å². The van der Waals surface area contributed by atoms with Gasteiger partial charge >= 0.3 is 0 Å². The normalized spacial score (nSPS) is 15.9. The van der Waals surface area contributed by atoms with Crippen LogP contribution in [0, 0.1) is 0 Å². The number of alkyl halides is 1. The van der Waals surface area contributed by atoms with E-state index in [-0.39, 0.29) is 11.8 Å². The third-order valence-electron chi connectivity index (χ3n) is 3.89. The van der Waals surface area contributed by atoms with Crippen LogP contribution in [-0.4, -0.2) is 74.1 Å². The van der Waals surface area contributed by atoms with Crippen molar-refractivity contribution in [1.29, 1.82) is 0 Å². The monoisotopic (exact) mass is 359 g/mol. The molecule has 130 valence electrons. The molecule has 0 aromatic carbocycles. The molecular weight excluding hydrogens is 334 g/mol. The number of carbonyl (C=O) groups is 1. The molecule has 1 aliphatic heterocycles. The highest BCUT2D eigenvalue weighted by Crippen LogP contribution is 2.12. The van der Waals surface area contributed by atoms with E-state index in [1.165, 1.54) is 4.88 Å². The van der Waals surface area contributed by atoms with Gasteiger partial charge < -0.3 is 10.1 Å². The zero-order chi connectivity index (χ0) is 16.3. The lowest BCUT2D eigenvalue weighted by molar-refractivity contribution is -0.118. The lowest BCUT2D eigenvalue weighted by atomic mass is 10.3. The standard InChI is InChI=1S/C16H26ClN3O2S/c17-13-16(21)18-4-2-5-20(14-15-3-1-12-23-15)7-6-19-8-10-22-11-9-19/h1,3,12H,2,4-11,13-14H2,(H,18,21). The molecule has 7 heteroatoms. The summed E-state index contributed by atoms with van der Waals surface area (Å²) in [4.78, 5) is 17.5. The van der Waals surface area contributed by atoms with Gasteiger partial charge in [-0.15, -0.1) is 22.9 Å². The molecule has 0 saturated carbocycles. The maximum Gasteiger partial charge on any atom is 0.234 e. The molecule has 1 aliphatic rings. The molecule has 1 amide bonds. The number of thiophene rings is 1. The molecule has 0 aliphatic carbocycles. The maximum atomic E-state index is 11.2. The van der Waals surface area contributed by atoms with Gasteiger partial charge in [0.2, 0.25) is 5.91 Å². The van der Waals surface area contributed by atoms with Gasteiger partial charge in [0.15, 0.2) is 0 Å². The predicted molar refractivity (Wildman–Crippen MR) is 95.2 cm³/mol. The fourth-order valence-electron chi connectivity index (χ4n) is 2.58. The summed E-state index contributed by atoms with van der Waals surface area (Å²) in [6.07, 6.45) is 0.942. The van der Waals surface area contributed by atoms with Crippen LogP contribution in [0.25, 0.3) is 0 Å². The van der Waals surface area contributed by atoms with E-state index in [4.69, 9.17) is 16.3 Å². The highest BCUT2D eigenvalue weighted by Gasteiger charge is 2.13. The second kappa shape index (κ2) is 11.0. The largest absolute Gasteiger partial charge is 0.379 e. The molecule has 0 spiro atoms. The topological polar surface area (TPSA) is 44.8 Å². The number of rotatable bonds is 10. The second-order valence-corrected chi connectivity index (χ2v) is 6.95. The van der Waals surface area contributed by atoms with Crippen molar-refractivity contribution in [2.45, 2.75) is 13.0 Å². The number of nitrogens with zero attached hydrogens (tertiary/aromatic N) is 2. The van der Waals surface area contributed by atoms with Crippen LogP contribution in [0.3, 0.4) is 0 Å². The van der Waals surface area contributed by atoms with Gasteiger partial charge in [0, 0.05) is 50.7 Å². The van der Waals surface area contributed by atoms with Crippen LogP contribution in [0.1, 0.15) is 11.3 Å². The number of amides is 1. The molecule has 5 nitrogen and oxygen atoms in total. The van der Waals surface area contributed by atoms with Crippen LogP contribution in [0.15, 0.2) is 17.5 Å². The zero-order valence-electron chi connectivity index (χ0n) is 13.5. The van der Waals surface area contributed by atoms with Crippen LogP contribution in [0.5, 0.6) is 0 Å². The van der Waals surface area contributed by atoms with Gasteiger partial charge in [-0.25, -0.2) is 0 Å². The quantitative estimate of drug-likeness (QED) is 0.509. The number of carbonyl (C=O) groups excluding carboxylic acids is 1. The fraction of sp³-hybridized carbons (Fsp3) is 0.688. The van der Waals surface area contributed by atoms with E-state index in [0.717, 1.165) is 58.9 Å². The van der Waals surface area contributed by atoms with Gasteiger partial charge in [0.1, 0.15) is 5.88 Å². The molecule has 1 aromatic heterocycles. The predicted octanol–water partition coefficient (Wildman–Crippen LogP) is 1.63. The molecule has 1 fully saturated rings. The highest BCUT2D eigenvalue weighted by molar-refractivity contribution is 7.09. The summed E-state index contributed by atoms with van der Waals surface area (Å²) in [5, 5.41) is 4.95. The Balaban J connectivity index is 1.73. The average Bonchev–Trinajstić information content (AvgIpc) is 3.10. The first kappa shape index (κ1) is 18.7. The van der Waals surface area contributed by atoms with Crippen molar-refractivity contribution in [3.05, 3.63) is 22.4 Å². The van der Waals surface area contributed by atoms with E-state index in [1.807, 2.05) is 0 Å². The van der Waals surface area contributed by atoms with Crippen molar-refractivity contribution in [2.24, 2.45) is 0 Å². The number of hydrogen-bond donors (Lipinski definition) is 1. The van der Waals surface area contributed by atoms with Crippen molar-refractivity contribution in [3.8, 4) is 0 Å². The van der Waals surface area contributed by atoms with E-state index in [2.05, 4.69) is 32.6 Å². The minimum atomic E-state index is -0.0928. The van der Waals surface area contributed by atoms with Gasteiger partial charge in [-0.05, 0) is 17.9 Å². The molecule has 2 heterocycles. The van der Waals surface area contributed by atoms with Crippen LogP contribution < -0.4 is 5.32 Å². The van der Waals surface area contributed by atoms with Crippen molar-refractivity contribution >= 4 is 28.8 Å². The van der Waals surface area contributed by atoms with Crippen molar-refractivity contribution in [3.63, 3.8) is 0 Å². The molecule has 23 heavy (non-hydrogen) atoms. The third kappa shape index (κ3) is 7.63. The summed E-state index contributed by atoms with van der Waals surface area (Å²) in [6, 6.07) is 4.28. The Morgan fingerprint density at radius 3 is 2.91 bits per heavy atom. The number of morpholine rings is 1. The highest BCUT2D eigenvalue weighted by atomic mass is 35.5. The number of halogens is 1. The molecule has 0 unspecified atom stereocenters. The Labute approximate surface area is 147 Å². The Morgan fingerprint density at radius 1 is 1.39 bits per heavy atom. The van der Waals surface area contributed by atoms with Crippen molar-refractivity contribution in [1.82, 2.24) is 15.1 Å². The van der Waals surface area contributed by atoms with E-state index in [9.17, 15) is 4.79 Å². The number of nitrogens with one attached hydrogen (secondary N) is 1. The first-order valence-electron chi connectivity index (χ1n) is 8.15. The van der Waals surface area contributed by atoms with Crippen LogP contribution in [0.4, 0.5) is 0 Å². The van der Waals surface area contributed by atoms with E-state index >= 15 is 0 Å². The van der Waals surface area contributed by atoms with Gasteiger partial charge in [-0.1, -0.05) is 6.07 Å². The molecule has 2 rings (SSSR count). The second-order valence-electron chi connectivity index (χ2n) is 5.65. The number of hydrogen-bond acceptors (Lipinski definition) is 5. The molecule has 0 radical (unpaired) electrons. The van der Waals surface area contributed by atoms with E-state index in [0.29, 0.717) is 6.54 Å². The molecule has 0 atom stereocenters. The van der Waals surface area contributed by atoms with Crippen molar-refractivity contribution in [2.75, 3.05) is 58.4 Å². The lowest BCUT2D eigenvalue weighted by Gasteiger charge is -2.30. The lowest BCUT2D eigenvalue weighted by Crippen LogP contribution is -2.41. The third-order valence-corrected chi connectivity index (χ3v) is 4.99. The molecular formula is C16H26ClN3O2S. The van der Waals surface area contributed by atoms with Gasteiger partial charge in [0.05, 0.1) is 13.2 Å². The Kier molecular flexibility index (Phi) is 8.93. The fourth-order valence-corrected chi connectivity index (χ4v) is 3.42. The molecule has 1 N–H and O–H groups in total. The van der Waals surface area contributed by atoms with Gasteiger partial charge in [0.25, 0.3) is 0 Å². The Morgan fingerprint density at radius 2 is 2.22 bits per heavy atom. The van der Waals surface area contributed by atoms with Crippen LogP contribution in [0.2, 0.25) is 0 Å². The Bertz CT molecular complexity index is 439. The summed E-state index contributed by atoms with van der Waals surface area (Å²) in [6.45, 7) is 8.49. The minimum Gasteiger partial charge on any atom is -0.379 e. The maximum absolute atomic E-state index is 11.2. The minimum absolute atomic E-state index is 0.0376. The van der Waals surface area contributed by atoms with E-state index < -0.39 is 0 Å². The average molecular weight is 360 g/mol. The van der Waals surface area contributed by atoms with Crippen molar-refractivity contribution < 1.29 is 9.53 Å². The smallest absolute Gasteiger partial charge is 0.234 e. The summed E-state index contributed by atoms with van der Waals surface area (Å²) in [7, 11) is 0. The molecule has 1 aromatic rings. The summed E-state index contributed by atoms with van der Waals surface area (Å²) in [5.74, 6) is -0.0551. The molecule has 0 bridgehead atoms. The van der Waals surface area contributed by atoms with E-state index in [1.54, 1.807) is 11.3 Å². The first-order valence-corrected chi connectivity index (χ1v) is 9.57. The van der Waals surface area contributed by atoms with Crippen LogP contribution >= 0.6 is 22.9 Å². The van der Waals surface area contributed by atoms with Gasteiger partial charge in [-0.3, -0.25) is 14.6 Å². The first-order chi connectivity index (χ1) is 11.3. The molecule has 1 saturated heterocycles. The van der Waals surface area contributed by atoms with Gasteiger partial charge in [-0.2, -0.15) is 0 Å².